The largest absolute Gasteiger partial charge is 0.497 e. The number of halogens is 1. The predicted molar refractivity (Wildman–Crippen MR) is 138 cm³/mol. The van der Waals surface area contributed by atoms with Gasteiger partial charge in [-0.3, -0.25) is 4.90 Å². The summed E-state index contributed by atoms with van der Waals surface area (Å²) in [6.07, 6.45) is -0.248. The van der Waals surface area contributed by atoms with E-state index in [0.717, 1.165) is 16.9 Å². The highest BCUT2D eigenvalue weighted by molar-refractivity contribution is 7.89. The van der Waals surface area contributed by atoms with Gasteiger partial charge in [-0.05, 0) is 47.5 Å². The third-order valence-electron chi connectivity index (χ3n) is 6.21. The summed E-state index contributed by atoms with van der Waals surface area (Å²) < 4.78 is 39.4. The van der Waals surface area contributed by atoms with Crippen molar-refractivity contribution in [3.8, 4) is 11.8 Å². The molecule has 0 bridgehead atoms. The fourth-order valence-electron chi connectivity index (χ4n) is 4.15. The Morgan fingerprint density at radius 3 is 2.39 bits per heavy atom. The lowest BCUT2D eigenvalue weighted by atomic mass is 10.1. The summed E-state index contributed by atoms with van der Waals surface area (Å²) in [5.41, 5.74) is 2.55. The van der Waals surface area contributed by atoms with Crippen LogP contribution < -0.4 is 4.74 Å². The Morgan fingerprint density at radius 1 is 1.00 bits per heavy atom. The van der Waals surface area contributed by atoms with Crippen LogP contribution in [0, 0.1) is 11.3 Å². The van der Waals surface area contributed by atoms with Crippen molar-refractivity contribution in [2.75, 3.05) is 39.8 Å². The van der Waals surface area contributed by atoms with Gasteiger partial charge in [-0.25, -0.2) is 8.42 Å². The fourth-order valence-corrected chi connectivity index (χ4v) is 6.06. The van der Waals surface area contributed by atoms with Crippen LogP contribution in [0.5, 0.6) is 5.75 Å². The van der Waals surface area contributed by atoms with Crippen molar-refractivity contribution in [3.63, 3.8) is 0 Å². The zero-order chi connectivity index (χ0) is 25.5. The van der Waals surface area contributed by atoms with E-state index in [1.54, 1.807) is 43.5 Å². The number of hydrogen-bond donors (Lipinski definition) is 0. The van der Waals surface area contributed by atoms with Crippen molar-refractivity contribution in [3.05, 3.63) is 94.5 Å². The standard InChI is InChI=1S/C27H28ClN3O4S/c1-34-24-6-4-5-23(17-24)26(35-20-22-11-9-21(18-29)10-12-22)19-30-13-15-31(16-14-30)36(32,33)27-8-3-2-7-25(27)28/h2-12,17,26H,13-16,19-20H2,1H3/t26-/m0/s1. The third kappa shape index (κ3) is 6.25. The van der Waals surface area contributed by atoms with E-state index in [9.17, 15) is 8.42 Å². The smallest absolute Gasteiger partial charge is 0.244 e. The molecule has 9 heteroatoms. The van der Waals surface area contributed by atoms with Gasteiger partial charge in [-0.2, -0.15) is 9.57 Å². The summed E-state index contributed by atoms with van der Waals surface area (Å²) in [6, 6.07) is 23.8. The van der Waals surface area contributed by atoms with Crippen LogP contribution in [-0.4, -0.2) is 57.5 Å². The molecule has 1 aliphatic heterocycles. The summed E-state index contributed by atoms with van der Waals surface area (Å²) >= 11 is 6.16. The van der Waals surface area contributed by atoms with E-state index in [1.807, 2.05) is 36.4 Å². The lowest BCUT2D eigenvalue weighted by Crippen LogP contribution is -2.49. The molecule has 0 spiro atoms. The molecule has 3 aromatic rings. The summed E-state index contributed by atoms with van der Waals surface area (Å²) in [6.45, 7) is 2.87. The number of ether oxygens (including phenoxy) is 2. The number of nitrogens with zero attached hydrogens (tertiary/aromatic N) is 3. The zero-order valence-electron chi connectivity index (χ0n) is 20.0. The minimum absolute atomic E-state index is 0.139. The van der Waals surface area contributed by atoms with E-state index >= 15 is 0 Å². The lowest BCUT2D eigenvalue weighted by Gasteiger charge is -2.36. The first-order valence-corrected chi connectivity index (χ1v) is 13.4. The van der Waals surface area contributed by atoms with Crippen LogP contribution in [0.25, 0.3) is 0 Å². The molecule has 3 aromatic carbocycles. The quantitative estimate of drug-likeness (QED) is 0.409. The molecule has 7 nitrogen and oxygen atoms in total. The number of piperazine rings is 1. The highest BCUT2D eigenvalue weighted by Gasteiger charge is 2.31. The Bertz CT molecular complexity index is 1320. The molecule has 1 aliphatic rings. The number of benzene rings is 3. The molecule has 0 amide bonds. The number of hydrogen-bond acceptors (Lipinski definition) is 6. The average molecular weight is 526 g/mol. The third-order valence-corrected chi connectivity index (χ3v) is 8.61. The molecule has 4 rings (SSSR count). The fraction of sp³-hybridized carbons (Fsp3) is 0.296. The van der Waals surface area contributed by atoms with Gasteiger partial charge in [-0.15, -0.1) is 0 Å². The van der Waals surface area contributed by atoms with E-state index < -0.39 is 10.0 Å². The van der Waals surface area contributed by atoms with Crippen molar-refractivity contribution in [2.45, 2.75) is 17.6 Å². The van der Waals surface area contributed by atoms with E-state index in [2.05, 4.69) is 11.0 Å². The SMILES string of the molecule is COc1cccc([C@H](CN2CCN(S(=O)(=O)c3ccccc3Cl)CC2)OCc2ccc(C#N)cc2)c1. The first-order valence-electron chi connectivity index (χ1n) is 11.6. The first-order chi connectivity index (χ1) is 17.4. The topological polar surface area (TPSA) is 82.9 Å². The molecule has 0 N–H and O–H groups in total. The number of rotatable bonds is 9. The molecule has 0 aromatic heterocycles. The van der Waals surface area contributed by atoms with Gasteiger partial charge in [0.1, 0.15) is 10.6 Å². The van der Waals surface area contributed by atoms with Crippen LogP contribution in [-0.2, 0) is 21.4 Å². The van der Waals surface area contributed by atoms with Gasteiger partial charge < -0.3 is 9.47 Å². The molecule has 1 fully saturated rings. The Hall–Kier alpha value is -2.93. The molecule has 1 saturated heterocycles. The van der Waals surface area contributed by atoms with Crippen LogP contribution in [0.3, 0.4) is 0 Å². The highest BCUT2D eigenvalue weighted by atomic mass is 35.5. The van der Waals surface area contributed by atoms with Crippen LogP contribution in [0.2, 0.25) is 5.02 Å². The van der Waals surface area contributed by atoms with Crippen LogP contribution in [0.15, 0.2) is 77.7 Å². The molecule has 0 unspecified atom stereocenters. The molecule has 0 aliphatic carbocycles. The first kappa shape index (κ1) is 26.1. The monoisotopic (exact) mass is 525 g/mol. The van der Waals surface area contributed by atoms with Gasteiger partial charge >= 0.3 is 0 Å². The molecule has 0 saturated carbocycles. The minimum atomic E-state index is -3.65. The number of sulfonamides is 1. The van der Waals surface area contributed by atoms with Gasteiger partial charge in [0.05, 0.1) is 36.5 Å². The summed E-state index contributed by atoms with van der Waals surface area (Å²) in [5, 5.41) is 9.26. The molecular weight excluding hydrogens is 498 g/mol. The lowest BCUT2D eigenvalue weighted by molar-refractivity contribution is 0.00763. The Labute approximate surface area is 217 Å². The van der Waals surface area contributed by atoms with Gasteiger partial charge in [0.15, 0.2) is 0 Å². The molecule has 0 radical (unpaired) electrons. The molecule has 36 heavy (non-hydrogen) atoms. The maximum atomic E-state index is 13.1. The summed E-state index contributed by atoms with van der Waals surface area (Å²) in [5.74, 6) is 0.745. The van der Waals surface area contributed by atoms with Crippen molar-refractivity contribution in [2.24, 2.45) is 0 Å². The maximum Gasteiger partial charge on any atom is 0.244 e. The van der Waals surface area contributed by atoms with Crippen molar-refractivity contribution < 1.29 is 17.9 Å². The van der Waals surface area contributed by atoms with Crippen LogP contribution in [0.4, 0.5) is 0 Å². The molecule has 1 heterocycles. The van der Waals surface area contributed by atoms with E-state index in [4.69, 9.17) is 26.3 Å². The normalized spacial score (nSPS) is 15.8. The Balaban J connectivity index is 1.44. The van der Waals surface area contributed by atoms with E-state index in [-0.39, 0.29) is 16.0 Å². The van der Waals surface area contributed by atoms with Crippen molar-refractivity contribution >= 4 is 21.6 Å². The van der Waals surface area contributed by atoms with Gasteiger partial charge in [0.2, 0.25) is 10.0 Å². The Morgan fingerprint density at radius 2 is 1.72 bits per heavy atom. The summed E-state index contributed by atoms with van der Waals surface area (Å²) in [7, 11) is -2.02. The average Bonchev–Trinajstić information content (AvgIpc) is 2.91. The predicted octanol–water partition coefficient (Wildman–Crippen LogP) is 4.48. The zero-order valence-corrected chi connectivity index (χ0v) is 21.6. The second-order valence-corrected chi connectivity index (χ2v) is 10.8. The van der Waals surface area contributed by atoms with Crippen molar-refractivity contribution in [1.82, 2.24) is 9.21 Å². The van der Waals surface area contributed by atoms with Crippen LogP contribution in [0.1, 0.15) is 22.8 Å². The van der Waals surface area contributed by atoms with Crippen LogP contribution >= 0.6 is 11.6 Å². The van der Waals surface area contributed by atoms with Crippen molar-refractivity contribution in [1.29, 1.82) is 5.26 Å². The second kappa shape index (κ2) is 11.9. The number of methoxy groups -OCH3 is 1. The molecular formula is C27H28ClN3O4S. The second-order valence-electron chi connectivity index (χ2n) is 8.52. The van der Waals surface area contributed by atoms with Gasteiger partial charge in [0, 0.05) is 32.7 Å². The molecule has 188 valence electrons. The summed E-state index contributed by atoms with van der Waals surface area (Å²) in [4.78, 5) is 2.35. The molecule has 1 atom stereocenters. The van der Waals surface area contributed by atoms with Gasteiger partial charge in [-0.1, -0.05) is 48.0 Å². The van der Waals surface area contributed by atoms with E-state index in [0.29, 0.717) is 44.9 Å². The van der Waals surface area contributed by atoms with Gasteiger partial charge in [0.25, 0.3) is 0 Å². The highest BCUT2D eigenvalue weighted by Crippen LogP contribution is 2.27. The van der Waals surface area contributed by atoms with E-state index in [1.165, 1.54) is 4.31 Å². The minimum Gasteiger partial charge on any atom is -0.497 e. The number of nitriles is 1. The maximum absolute atomic E-state index is 13.1. The Kier molecular flexibility index (Phi) is 8.62.